The minimum absolute atomic E-state index is 0.958. The van der Waals surface area contributed by atoms with E-state index in [1.807, 2.05) is 12.3 Å². The van der Waals surface area contributed by atoms with E-state index in [1.165, 1.54) is 0 Å². The van der Waals surface area contributed by atoms with Crippen molar-refractivity contribution in [3.63, 3.8) is 0 Å². The summed E-state index contributed by atoms with van der Waals surface area (Å²) in [6.07, 6.45) is 6.34. The van der Waals surface area contributed by atoms with E-state index in [-0.39, 0.29) is 0 Å². The van der Waals surface area contributed by atoms with Gasteiger partial charge in [0, 0.05) is 0 Å². The Bertz CT molecular complexity index is 65.5. The summed E-state index contributed by atoms with van der Waals surface area (Å²) in [7, 11) is 0. The fraction of sp³-hybridized carbons (Fsp3) is 0.250. The highest BCUT2D eigenvalue weighted by atomic mass is 16.6. The van der Waals surface area contributed by atoms with Crippen molar-refractivity contribution in [3.05, 3.63) is 12.3 Å². The molecular weight excluding hydrogens is 78.0 g/mol. The predicted octanol–water partition coefficient (Wildman–Crippen LogP) is -1.01. The molecule has 2 nitrogen and oxygen atoms in total. The zero-order valence-corrected chi connectivity index (χ0v) is 3.35. The van der Waals surface area contributed by atoms with E-state index in [2.05, 4.69) is 9.99 Å². The van der Waals surface area contributed by atoms with Gasteiger partial charge in [0.05, 0.1) is 6.42 Å². The SMILES string of the molecule is C1=CO[NH+]=CC1. The van der Waals surface area contributed by atoms with Crippen LogP contribution in [0.15, 0.2) is 12.3 Å². The minimum Gasteiger partial charge on any atom is -0.248 e. The van der Waals surface area contributed by atoms with Gasteiger partial charge in [0.2, 0.25) is 0 Å². The van der Waals surface area contributed by atoms with Gasteiger partial charge in [-0.3, -0.25) is 0 Å². The van der Waals surface area contributed by atoms with Crippen LogP contribution < -0.4 is 5.16 Å². The fourth-order valence-electron chi connectivity index (χ4n) is 0.307. The molecule has 0 aromatic heterocycles. The van der Waals surface area contributed by atoms with Gasteiger partial charge in [-0.25, -0.2) is 4.84 Å². The summed E-state index contributed by atoms with van der Waals surface area (Å²) in [5.74, 6) is 0. The molecule has 0 amide bonds. The van der Waals surface area contributed by atoms with E-state index in [0.29, 0.717) is 0 Å². The van der Waals surface area contributed by atoms with Gasteiger partial charge in [0.15, 0.2) is 12.5 Å². The molecule has 1 aliphatic rings. The van der Waals surface area contributed by atoms with Crippen molar-refractivity contribution in [1.29, 1.82) is 0 Å². The molecule has 0 spiro atoms. The third-order valence-electron chi connectivity index (χ3n) is 0.570. The van der Waals surface area contributed by atoms with Crippen molar-refractivity contribution in [3.8, 4) is 0 Å². The van der Waals surface area contributed by atoms with Gasteiger partial charge in [0.25, 0.3) is 0 Å². The minimum atomic E-state index is 0.958. The van der Waals surface area contributed by atoms with Crippen LogP contribution in [0.1, 0.15) is 6.42 Å². The molecule has 1 heterocycles. The molecule has 1 N–H and O–H groups in total. The van der Waals surface area contributed by atoms with E-state index in [4.69, 9.17) is 0 Å². The van der Waals surface area contributed by atoms with Crippen LogP contribution in [0.2, 0.25) is 0 Å². The lowest BCUT2D eigenvalue weighted by molar-refractivity contribution is -0.730. The summed E-state index contributed by atoms with van der Waals surface area (Å²) >= 11 is 0. The predicted molar refractivity (Wildman–Crippen MR) is 21.9 cm³/mol. The number of hydrogen-bond acceptors (Lipinski definition) is 1. The lowest BCUT2D eigenvalue weighted by Crippen LogP contribution is -2.67. The van der Waals surface area contributed by atoms with Crippen LogP contribution >= 0.6 is 0 Å². The first-order valence-electron chi connectivity index (χ1n) is 1.88. The van der Waals surface area contributed by atoms with Crippen molar-refractivity contribution >= 4 is 6.21 Å². The maximum Gasteiger partial charge on any atom is 0.194 e. The molecular formula is C4H6NO+. The van der Waals surface area contributed by atoms with E-state index >= 15 is 0 Å². The van der Waals surface area contributed by atoms with Gasteiger partial charge in [-0.1, -0.05) is 0 Å². The highest BCUT2D eigenvalue weighted by Crippen LogP contribution is 1.74. The third kappa shape index (κ3) is 0.578. The standard InChI is InChI=1S/C4H5NO/c1-2-4-6-5-3-1/h2-4H,1H2/p+1. The Morgan fingerprint density at radius 2 is 2.67 bits per heavy atom. The third-order valence-corrected chi connectivity index (χ3v) is 0.570. The van der Waals surface area contributed by atoms with Crippen LogP contribution in [0.4, 0.5) is 0 Å². The Hall–Kier alpha value is -0.790. The van der Waals surface area contributed by atoms with E-state index in [0.717, 1.165) is 6.42 Å². The second-order valence-corrected chi connectivity index (χ2v) is 1.05. The summed E-state index contributed by atoms with van der Waals surface area (Å²) in [5, 5.41) is 2.57. The largest absolute Gasteiger partial charge is 0.248 e. The van der Waals surface area contributed by atoms with E-state index in [9.17, 15) is 0 Å². The molecule has 0 aromatic rings. The highest BCUT2D eigenvalue weighted by molar-refractivity contribution is 5.52. The van der Waals surface area contributed by atoms with E-state index in [1.54, 1.807) is 6.26 Å². The van der Waals surface area contributed by atoms with Gasteiger partial charge in [-0.05, 0) is 11.2 Å². The molecule has 6 heavy (non-hydrogen) atoms. The molecule has 1 aliphatic heterocycles. The first-order valence-corrected chi connectivity index (χ1v) is 1.88. The number of rotatable bonds is 0. The van der Waals surface area contributed by atoms with Crippen LogP contribution in [-0.2, 0) is 4.84 Å². The zero-order valence-electron chi connectivity index (χ0n) is 3.35. The average molecular weight is 84.1 g/mol. The average Bonchev–Trinajstić information content (AvgIpc) is 1.72. The summed E-state index contributed by atoms with van der Waals surface area (Å²) in [6, 6.07) is 0. The lowest BCUT2D eigenvalue weighted by atomic mass is 10.4. The maximum absolute atomic E-state index is 4.58. The maximum atomic E-state index is 4.58. The second-order valence-electron chi connectivity index (χ2n) is 1.05. The summed E-state index contributed by atoms with van der Waals surface area (Å²) in [5.41, 5.74) is 0. The molecule has 0 unspecified atom stereocenters. The quantitative estimate of drug-likeness (QED) is 0.399. The Morgan fingerprint density at radius 3 is 2.83 bits per heavy atom. The van der Waals surface area contributed by atoms with Crippen LogP contribution in [0.3, 0.4) is 0 Å². The summed E-state index contributed by atoms with van der Waals surface area (Å²) < 4.78 is 0. The first-order chi connectivity index (χ1) is 3.00. The summed E-state index contributed by atoms with van der Waals surface area (Å²) in [6.45, 7) is 0. The molecule has 0 aliphatic carbocycles. The van der Waals surface area contributed by atoms with Crippen LogP contribution in [0.25, 0.3) is 0 Å². The first kappa shape index (κ1) is 3.40. The number of hydrogen-bond donors (Lipinski definition) is 1. The Kier molecular flexibility index (Phi) is 0.906. The molecule has 0 saturated heterocycles. The molecule has 2 heteroatoms. The van der Waals surface area contributed by atoms with E-state index < -0.39 is 0 Å². The van der Waals surface area contributed by atoms with Crippen molar-refractivity contribution in [2.75, 3.05) is 0 Å². The van der Waals surface area contributed by atoms with Crippen LogP contribution in [-0.4, -0.2) is 6.21 Å². The van der Waals surface area contributed by atoms with Crippen molar-refractivity contribution in [1.82, 2.24) is 0 Å². The second kappa shape index (κ2) is 1.60. The normalized spacial score (nSPS) is 17.3. The Labute approximate surface area is 36.1 Å². The number of nitrogens with one attached hydrogen (secondary N) is 1. The molecule has 32 valence electrons. The summed E-state index contributed by atoms with van der Waals surface area (Å²) in [4.78, 5) is 4.58. The van der Waals surface area contributed by atoms with Crippen molar-refractivity contribution in [2.45, 2.75) is 6.42 Å². The van der Waals surface area contributed by atoms with Crippen molar-refractivity contribution in [2.24, 2.45) is 0 Å². The molecule has 0 fully saturated rings. The fourth-order valence-corrected chi connectivity index (χ4v) is 0.307. The van der Waals surface area contributed by atoms with Crippen LogP contribution in [0, 0.1) is 0 Å². The van der Waals surface area contributed by atoms with Gasteiger partial charge >= 0.3 is 0 Å². The van der Waals surface area contributed by atoms with Crippen LogP contribution in [0.5, 0.6) is 0 Å². The smallest absolute Gasteiger partial charge is 0.194 e. The lowest BCUT2D eigenvalue weighted by Gasteiger charge is -1.82. The van der Waals surface area contributed by atoms with Gasteiger partial charge in [-0.2, -0.15) is 0 Å². The van der Waals surface area contributed by atoms with Gasteiger partial charge in [-0.15, -0.1) is 0 Å². The van der Waals surface area contributed by atoms with Crippen molar-refractivity contribution < 1.29 is 9.99 Å². The topological polar surface area (TPSA) is 23.2 Å². The zero-order chi connectivity index (χ0) is 4.24. The van der Waals surface area contributed by atoms with Gasteiger partial charge < -0.3 is 0 Å². The molecule has 0 radical (unpaired) electrons. The molecule has 1 rings (SSSR count). The molecule has 0 saturated carbocycles. The number of allylic oxidation sites excluding steroid dienone is 1. The Morgan fingerprint density at radius 1 is 1.67 bits per heavy atom. The highest BCUT2D eigenvalue weighted by Gasteiger charge is 1.83. The monoisotopic (exact) mass is 84.0 g/mol. The van der Waals surface area contributed by atoms with Gasteiger partial charge in [0.1, 0.15) is 0 Å². The molecule has 0 bridgehead atoms. The molecule has 0 atom stereocenters. The molecule has 0 aromatic carbocycles. The Balaban J connectivity index is 2.40.